The molecule has 0 radical (unpaired) electrons. The molecule has 2 heterocycles. The van der Waals surface area contributed by atoms with Crippen molar-refractivity contribution in [3.63, 3.8) is 0 Å². The number of carbonyl (C=O) groups is 2. The average molecular weight is 271 g/mol. The van der Waals surface area contributed by atoms with E-state index in [0.717, 1.165) is 0 Å². The van der Waals surface area contributed by atoms with E-state index in [1.54, 1.807) is 9.80 Å². The molecule has 0 aromatic rings. The molecule has 7 nitrogen and oxygen atoms in total. The number of nitrogens with one attached hydrogen (secondary N) is 1. The number of rotatable bonds is 2. The Morgan fingerprint density at radius 1 is 1.16 bits per heavy atom. The van der Waals surface area contributed by atoms with E-state index in [2.05, 4.69) is 5.32 Å². The number of hydrogen-bond donors (Lipinski definition) is 1. The number of likely N-dealkylation sites (N-methyl/N-ethyl adjacent to an activating group) is 1. The summed E-state index contributed by atoms with van der Waals surface area (Å²) in [6, 6.07) is -0.619. The number of urea groups is 1. The van der Waals surface area contributed by atoms with Crippen molar-refractivity contribution in [2.24, 2.45) is 0 Å². The molecule has 3 amide bonds. The molecule has 2 aliphatic heterocycles. The van der Waals surface area contributed by atoms with Crippen LogP contribution in [0.15, 0.2) is 0 Å². The van der Waals surface area contributed by atoms with Crippen molar-refractivity contribution >= 4 is 11.9 Å². The Morgan fingerprint density at radius 3 is 2.53 bits per heavy atom. The van der Waals surface area contributed by atoms with E-state index < -0.39 is 6.04 Å². The van der Waals surface area contributed by atoms with Crippen LogP contribution in [0.4, 0.5) is 4.79 Å². The van der Waals surface area contributed by atoms with Gasteiger partial charge in [0.1, 0.15) is 6.04 Å². The fraction of sp³-hybridized carbons (Fsp3) is 0.833. The molecule has 7 heteroatoms. The maximum absolute atomic E-state index is 12.4. The van der Waals surface area contributed by atoms with Gasteiger partial charge < -0.3 is 24.6 Å². The van der Waals surface area contributed by atoms with Crippen molar-refractivity contribution in [2.45, 2.75) is 13.0 Å². The number of morpholine rings is 2. The number of ether oxygens (including phenoxy) is 2. The summed E-state index contributed by atoms with van der Waals surface area (Å²) < 4.78 is 10.6. The first-order valence-electron chi connectivity index (χ1n) is 6.72. The highest BCUT2D eigenvalue weighted by Crippen LogP contribution is 2.12. The van der Waals surface area contributed by atoms with Crippen LogP contribution in [0.25, 0.3) is 0 Å². The van der Waals surface area contributed by atoms with Crippen LogP contribution in [0.3, 0.4) is 0 Å². The molecule has 0 spiro atoms. The fourth-order valence-electron chi connectivity index (χ4n) is 2.28. The molecule has 2 rings (SSSR count). The molecule has 1 unspecified atom stereocenters. The maximum atomic E-state index is 12.4. The largest absolute Gasteiger partial charge is 0.378 e. The minimum absolute atomic E-state index is 0.0946. The Hall–Kier alpha value is -1.34. The lowest BCUT2D eigenvalue weighted by Gasteiger charge is -2.39. The lowest BCUT2D eigenvalue weighted by Crippen LogP contribution is -2.60. The topological polar surface area (TPSA) is 71.1 Å². The Labute approximate surface area is 112 Å². The summed E-state index contributed by atoms with van der Waals surface area (Å²) in [5, 5.41) is 2.75. The van der Waals surface area contributed by atoms with Gasteiger partial charge in [-0.15, -0.1) is 0 Å². The van der Waals surface area contributed by atoms with Crippen LogP contribution >= 0.6 is 0 Å². The molecule has 0 aromatic carbocycles. The molecular formula is C12H21N3O4. The van der Waals surface area contributed by atoms with E-state index in [9.17, 15) is 9.59 Å². The van der Waals surface area contributed by atoms with Crippen molar-refractivity contribution < 1.29 is 19.1 Å². The molecule has 2 aliphatic rings. The third kappa shape index (κ3) is 3.36. The average Bonchev–Trinajstić information content (AvgIpc) is 2.47. The summed E-state index contributed by atoms with van der Waals surface area (Å²) in [7, 11) is 0. The summed E-state index contributed by atoms with van der Waals surface area (Å²) >= 11 is 0. The van der Waals surface area contributed by atoms with Gasteiger partial charge in [-0.3, -0.25) is 4.79 Å². The van der Waals surface area contributed by atoms with E-state index in [1.807, 2.05) is 6.92 Å². The van der Waals surface area contributed by atoms with Crippen molar-refractivity contribution in [3.05, 3.63) is 0 Å². The van der Waals surface area contributed by atoms with Crippen LogP contribution < -0.4 is 5.32 Å². The second-order valence-corrected chi connectivity index (χ2v) is 4.56. The van der Waals surface area contributed by atoms with Crippen molar-refractivity contribution in [1.82, 2.24) is 15.1 Å². The first-order chi connectivity index (χ1) is 9.24. The van der Waals surface area contributed by atoms with Gasteiger partial charge in [-0.05, 0) is 6.92 Å². The SMILES string of the molecule is CCNC(=O)C1COCCN1C(=O)N1CCOCC1. The maximum Gasteiger partial charge on any atom is 0.321 e. The van der Waals surface area contributed by atoms with E-state index >= 15 is 0 Å². The standard InChI is InChI=1S/C12H21N3O4/c1-2-13-11(16)10-9-19-8-5-15(10)12(17)14-3-6-18-7-4-14/h10H,2-9H2,1H3,(H,13,16). The second kappa shape index (κ2) is 6.72. The monoisotopic (exact) mass is 271 g/mol. The van der Waals surface area contributed by atoms with Gasteiger partial charge >= 0.3 is 6.03 Å². The zero-order valence-electron chi connectivity index (χ0n) is 11.3. The summed E-state index contributed by atoms with van der Waals surface area (Å²) in [6.07, 6.45) is 0. The fourth-order valence-corrected chi connectivity index (χ4v) is 2.28. The molecule has 0 saturated carbocycles. The first-order valence-corrected chi connectivity index (χ1v) is 6.72. The number of amides is 3. The van der Waals surface area contributed by atoms with E-state index in [-0.39, 0.29) is 18.5 Å². The normalized spacial score (nSPS) is 24.2. The Bertz CT molecular complexity index is 331. The summed E-state index contributed by atoms with van der Waals surface area (Å²) in [5.41, 5.74) is 0. The Kier molecular flexibility index (Phi) is 4.98. The third-order valence-electron chi connectivity index (χ3n) is 3.31. The molecule has 0 aliphatic carbocycles. The summed E-state index contributed by atoms with van der Waals surface area (Å²) in [6.45, 7) is 5.89. The third-order valence-corrected chi connectivity index (χ3v) is 3.31. The lowest BCUT2D eigenvalue weighted by molar-refractivity contribution is -0.130. The highest BCUT2D eigenvalue weighted by atomic mass is 16.5. The molecule has 19 heavy (non-hydrogen) atoms. The first kappa shape index (κ1) is 14.1. The van der Waals surface area contributed by atoms with Crippen LogP contribution in [0.5, 0.6) is 0 Å². The lowest BCUT2D eigenvalue weighted by atomic mass is 10.2. The van der Waals surface area contributed by atoms with Gasteiger partial charge in [0.15, 0.2) is 0 Å². The summed E-state index contributed by atoms with van der Waals surface area (Å²) in [5.74, 6) is -0.149. The minimum Gasteiger partial charge on any atom is -0.378 e. The van der Waals surface area contributed by atoms with E-state index in [1.165, 1.54) is 0 Å². The van der Waals surface area contributed by atoms with E-state index in [4.69, 9.17) is 9.47 Å². The van der Waals surface area contributed by atoms with Gasteiger partial charge in [-0.2, -0.15) is 0 Å². The highest BCUT2D eigenvalue weighted by Gasteiger charge is 2.35. The van der Waals surface area contributed by atoms with Crippen LogP contribution in [0.1, 0.15) is 6.92 Å². The van der Waals surface area contributed by atoms with Gasteiger partial charge in [0.05, 0.1) is 26.4 Å². The van der Waals surface area contributed by atoms with Crippen LogP contribution in [-0.4, -0.2) is 80.4 Å². The summed E-state index contributed by atoms with van der Waals surface area (Å²) in [4.78, 5) is 27.7. The number of hydrogen-bond acceptors (Lipinski definition) is 4. The van der Waals surface area contributed by atoms with Gasteiger partial charge in [-0.25, -0.2) is 4.79 Å². The van der Waals surface area contributed by atoms with Crippen molar-refractivity contribution in [1.29, 1.82) is 0 Å². The quantitative estimate of drug-likeness (QED) is 0.719. The molecular weight excluding hydrogens is 250 g/mol. The van der Waals surface area contributed by atoms with Gasteiger partial charge in [0, 0.05) is 26.2 Å². The predicted octanol–water partition coefficient (Wildman–Crippen LogP) is -0.724. The Balaban J connectivity index is 2.01. The molecule has 0 bridgehead atoms. The molecule has 2 fully saturated rings. The van der Waals surface area contributed by atoms with E-state index in [0.29, 0.717) is 46.0 Å². The molecule has 0 aromatic heterocycles. The molecule has 1 N–H and O–H groups in total. The predicted molar refractivity (Wildman–Crippen MR) is 67.8 cm³/mol. The van der Waals surface area contributed by atoms with Gasteiger partial charge in [0.25, 0.3) is 0 Å². The van der Waals surface area contributed by atoms with Crippen molar-refractivity contribution in [3.8, 4) is 0 Å². The van der Waals surface area contributed by atoms with Crippen LogP contribution in [0, 0.1) is 0 Å². The zero-order valence-corrected chi connectivity index (χ0v) is 11.3. The highest BCUT2D eigenvalue weighted by molar-refractivity contribution is 5.87. The smallest absolute Gasteiger partial charge is 0.321 e. The molecule has 108 valence electrons. The van der Waals surface area contributed by atoms with Gasteiger partial charge in [0.2, 0.25) is 5.91 Å². The minimum atomic E-state index is -0.524. The van der Waals surface area contributed by atoms with Gasteiger partial charge in [-0.1, -0.05) is 0 Å². The van der Waals surface area contributed by atoms with Crippen LogP contribution in [0.2, 0.25) is 0 Å². The number of nitrogens with zero attached hydrogens (tertiary/aromatic N) is 2. The van der Waals surface area contributed by atoms with Crippen LogP contribution in [-0.2, 0) is 14.3 Å². The number of carbonyl (C=O) groups excluding carboxylic acids is 2. The second-order valence-electron chi connectivity index (χ2n) is 4.56. The Morgan fingerprint density at radius 2 is 1.84 bits per heavy atom. The zero-order chi connectivity index (χ0) is 13.7. The molecule has 1 atom stereocenters. The molecule has 2 saturated heterocycles. The van der Waals surface area contributed by atoms with Crippen molar-refractivity contribution in [2.75, 3.05) is 52.6 Å².